The molecule has 1 atom stereocenters. The van der Waals surface area contributed by atoms with Gasteiger partial charge in [-0.1, -0.05) is 54.4 Å². The molecule has 144 valence electrons. The maximum Gasteiger partial charge on any atom is 0.251 e. The summed E-state index contributed by atoms with van der Waals surface area (Å²) in [6.45, 7) is 2.62. The van der Waals surface area contributed by atoms with Gasteiger partial charge in [-0.05, 0) is 49.5 Å². The molecule has 0 spiro atoms. The number of benzene rings is 2. The van der Waals surface area contributed by atoms with Crippen LogP contribution in [0.25, 0.3) is 0 Å². The lowest BCUT2D eigenvalue weighted by Gasteiger charge is -2.30. The van der Waals surface area contributed by atoms with E-state index in [0.717, 1.165) is 42.5 Å². The van der Waals surface area contributed by atoms with Crippen LogP contribution in [0.5, 0.6) is 0 Å². The summed E-state index contributed by atoms with van der Waals surface area (Å²) in [4.78, 5) is 27.8. The molecular weight excluding hydrogens is 348 g/mol. The summed E-state index contributed by atoms with van der Waals surface area (Å²) in [5.41, 5.74) is 4.95. The van der Waals surface area contributed by atoms with Crippen LogP contribution in [0.4, 0.5) is 5.69 Å². The van der Waals surface area contributed by atoms with E-state index in [4.69, 9.17) is 0 Å². The third-order valence-electron chi connectivity index (χ3n) is 5.73. The number of hydrogen-bond acceptors (Lipinski definition) is 2. The topological polar surface area (TPSA) is 49.4 Å². The van der Waals surface area contributed by atoms with Crippen molar-refractivity contribution in [3.8, 4) is 0 Å². The van der Waals surface area contributed by atoms with Crippen LogP contribution in [0, 0.1) is 6.92 Å². The van der Waals surface area contributed by atoms with Crippen LogP contribution in [-0.4, -0.2) is 22.8 Å². The van der Waals surface area contributed by atoms with E-state index in [-0.39, 0.29) is 24.3 Å². The molecule has 2 amide bonds. The predicted octanol–water partition coefficient (Wildman–Crippen LogP) is 4.61. The average molecular weight is 374 g/mol. The Hall–Kier alpha value is -2.88. The van der Waals surface area contributed by atoms with Crippen molar-refractivity contribution < 1.29 is 9.59 Å². The summed E-state index contributed by atoms with van der Waals surface area (Å²) in [6.07, 6.45) is 4.31. The summed E-state index contributed by atoms with van der Waals surface area (Å²) in [5, 5.41) is 2.93. The second-order valence-electron chi connectivity index (χ2n) is 7.78. The zero-order valence-corrected chi connectivity index (χ0v) is 16.3. The molecule has 2 aromatic rings. The Labute approximate surface area is 166 Å². The molecule has 1 unspecified atom stereocenters. The smallest absolute Gasteiger partial charge is 0.251 e. The van der Waals surface area contributed by atoms with Gasteiger partial charge in [-0.3, -0.25) is 9.59 Å². The highest BCUT2D eigenvalue weighted by atomic mass is 16.2. The lowest BCUT2D eigenvalue weighted by molar-refractivity contribution is -0.129. The van der Waals surface area contributed by atoms with Crippen molar-refractivity contribution >= 4 is 17.5 Å². The molecule has 0 saturated heterocycles. The SMILES string of the molecule is Cc1ccc(NC(=O)CC2=C3CCCCC3N(Cc3ccccc3)C2=O)cc1. The Kier molecular flexibility index (Phi) is 5.29. The fourth-order valence-corrected chi connectivity index (χ4v) is 4.30. The summed E-state index contributed by atoms with van der Waals surface area (Å²) in [6, 6.07) is 18.0. The highest BCUT2D eigenvalue weighted by Gasteiger charge is 2.40. The number of amides is 2. The Balaban J connectivity index is 1.50. The second kappa shape index (κ2) is 8.01. The largest absolute Gasteiger partial charge is 0.328 e. The predicted molar refractivity (Wildman–Crippen MR) is 111 cm³/mol. The number of anilines is 1. The maximum atomic E-state index is 13.2. The number of nitrogens with one attached hydrogen (secondary N) is 1. The van der Waals surface area contributed by atoms with Crippen molar-refractivity contribution in [3.05, 3.63) is 76.9 Å². The Morgan fingerprint density at radius 3 is 2.57 bits per heavy atom. The first kappa shape index (κ1) is 18.5. The van der Waals surface area contributed by atoms with Crippen molar-refractivity contribution in [3.63, 3.8) is 0 Å². The third kappa shape index (κ3) is 3.86. The molecular formula is C24H26N2O2. The number of rotatable bonds is 5. The molecule has 1 N–H and O–H groups in total. The minimum Gasteiger partial charge on any atom is -0.328 e. The van der Waals surface area contributed by atoms with E-state index in [1.54, 1.807) is 0 Å². The normalized spacial score (nSPS) is 19.0. The quantitative estimate of drug-likeness (QED) is 0.831. The zero-order chi connectivity index (χ0) is 19.5. The maximum absolute atomic E-state index is 13.2. The zero-order valence-electron chi connectivity index (χ0n) is 16.3. The third-order valence-corrected chi connectivity index (χ3v) is 5.73. The fourth-order valence-electron chi connectivity index (χ4n) is 4.30. The van der Waals surface area contributed by atoms with E-state index in [1.165, 1.54) is 5.57 Å². The van der Waals surface area contributed by atoms with Crippen LogP contribution < -0.4 is 5.32 Å². The minimum absolute atomic E-state index is 0.0322. The van der Waals surface area contributed by atoms with Crippen LogP contribution >= 0.6 is 0 Å². The van der Waals surface area contributed by atoms with Gasteiger partial charge in [0.1, 0.15) is 0 Å². The Bertz CT molecular complexity index is 900. The lowest BCUT2D eigenvalue weighted by Crippen LogP contribution is -2.36. The Morgan fingerprint density at radius 2 is 1.82 bits per heavy atom. The molecule has 2 aromatic carbocycles. The average Bonchev–Trinajstić information content (AvgIpc) is 2.96. The molecule has 0 radical (unpaired) electrons. The van der Waals surface area contributed by atoms with Crippen LogP contribution in [0.1, 0.15) is 43.2 Å². The molecule has 2 aliphatic rings. The first-order chi connectivity index (χ1) is 13.6. The number of carbonyl (C=O) groups excluding carboxylic acids is 2. The summed E-state index contributed by atoms with van der Waals surface area (Å²) >= 11 is 0. The number of aryl methyl sites for hydroxylation is 1. The minimum atomic E-state index is -0.120. The molecule has 1 aliphatic carbocycles. The van der Waals surface area contributed by atoms with Gasteiger partial charge in [0, 0.05) is 17.8 Å². The van der Waals surface area contributed by atoms with Crippen molar-refractivity contribution in [1.82, 2.24) is 4.90 Å². The van der Waals surface area contributed by atoms with Gasteiger partial charge in [-0.15, -0.1) is 0 Å². The van der Waals surface area contributed by atoms with Gasteiger partial charge in [0.05, 0.1) is 12.5 Å². The van der Waals surface area contributed by atoms with E-state index in [1.807, 2.05) is 54.3 Å². The van der Waals surface area contributed by atoms with Crippen molar-refractivity contribution in [2.75, 3.05) is 5.32 Å². The van der Waals surface area contributed by atoms with Crippen LogP contribution in [0.3, 0.4) is 0 Å². The van der Waals surface area contributed by atoms with E-state index < -0.39 is 0 Å². The molecule has 4 heteroatoms. The highest BCUT2D eigenvalue weighted by Crippen LogP contribution is 2.38. The number of carbonyl (C=O) groups is 2. The first-order valence-corrected chi connectivity index (χ1v) is 10.0. The standard InChI is InChI=1S/C24H26N2O2/c1-17-11-13-19(14-12-17)25-23(27)15-21-20-9-5-6-10-22(20)26(24(21)28)16-18-7-3-2-4-8-18/h2-4,7-8,11-14,22H,5-6,9-10,15-16H2,1H3,(H,25,27). The summed E-state index contributed by atoms with van der Waals surface area (Å²) in [5.74, 6) is -0.0876. The lowest BCUT2D eigenvalue weighted by atomic mass is 9.88. The molecule has 4 rings (SSSR count). The van der Waals surface area contributed by atoms with Gasteiger partial charge >= 0.3 is 0 Å². The summed E-state index contributed by atoms with van der Waals surface area (Å²) < 4.78 is 0. The first-order valence-electron chi connectivity index (χ1n) is 10.0. The van der Waals surface area contributed by atoms with Crippen molar-refractivity contribution in [2.24, 2.45) is 0 Å². The summed E-state index contributed by atoms with van der Waals surface area (Å²) in [7, 11) is 0. The fraction of sp³-hybridized carbons (Fsp3) is 0.333. The number of hydrogen-bond donors (Lipinski definition) is 1. The highest BCUT2D eigenvalue weighted by molar-refractivity contribution is 6.04. The van der Waals surface area contributed by atoms with Crippen LogP contribution in [0.15, 0.2) is 65.7 Å². The molecule has 0 bridgehead atoms. The molecule has 4 nitrogen and oxygen atoms in total. The van der Waals surface area contributed by atoms with Crippen LogP contribution in [0.2, 0.25) is 0 Å². The molecule has 1 saturated carbocycles. The van der Waals surface area contributed by atoms with E-state index in [9.17, 15) is 9.59 Å². The molecule has 1 aliphatic heterocycles. The van der Waals surface area contributed by atoms with Crippen LogP contribution in [-0.2, 0) is 16.1 Å². The van der Waals surface area contributed by atoms with Gasteiger partial charge in [0.25, 0.3) is 5.91 Å². The van der Waals surface area contributed by atoms with Gasteiger partial charge < -0.3 is 10.2 Å². The van der Waals surface area contributed by atoms with Gasteiger partial charge in [-0.25, -0.2) is 0 Å². The van der Waals surface area contributed by atoms with Gasteiger partial charge in [0.15, 0.2) is 0 Å². The van der Waals surface area contributed by atoms with E-state index >= 15 is 0 Å². The Morgan fingerprint density at radius 1 is 1.07 bits per heavy atom. The molecule has 1 heterocycles. The molecule has 0 aromatic heterocycles. The van der Waals surface area contributed by atoms with Gasteiger partial charge in [-0.2, -0.15) is 0 Å². The number of nitrogens with zero attached hydrogens (tertiary/aromatic N) is 1. The molecule has 28 heavy (non-hydrogen) atoms. The number of fused-ring (bicyclic) bond motifs is 1. The van der Waals surface area contributed by atoms with E-state index in [2.05, 4.69) is 17.4 Å². The van der Waals surface area contributed by atoms with Gasteiger partial charge in [0.2, 0.25) is 5.91 Å². The van der Waals surface area contributed by atoms with Crippen molar-refractivity contribution in [2.45, 2.75) is 51.6 Å². The monoisotopic (exact) mass is 374 g/mol. The van der Waals surface area contributed by atoms with Crippen molar-refractivity contribution in [1.29, 1.82) is 0 Å². The second-order valence-corrected chi connectivity index (χ2v) is 7.78. The molecule has 1 fully saturated rings. The van der Waals surface area contributed by atoms with E-state index in [0.29, 0.717) is 12.1 Å².